The van der Waals surface area contributed by atoms with E-state index in [4.69, 9.17) is 4.74 Å². The van der Waals surface area contributed by atoms with E-state index < -0.39 is 17.8 Å². The molecule has 1 atom stereocenters. The number of hydrogen-bond acceptors (Lipinski definition) is 4. The van der Waals surface area contributed by atoms with Gasteiger partial charge >= 0.3 is 5.97 Å². The van der Waals surface area contributed by atoms with Gasteiger partial charge in [0, 0.05) is 13.0 Å². The van der Waals surface area contributed by atoms with Gasteiger partial charge in [-0.05, 0) is 26.2 Å². The average molecular weight is 287 g/mol. The number of halogens is 2. The number of nitrogens with zero attached hydrogens (tertiary/aromatic N) is 3. The zero-order chi connectivity index (χ0) is 14.8. The van der Waals surface area contributed by atoms with Crippen molar-refractivity contribution in [1.82, 2.24) is 15.0 Å². The van der Waals surface area contributed by atoms with Gasteiger partial charge < -0.3 is 4.74 Å². The molecule has 1 aliphatic rings. The summed E-state index contributed by atoms with van der Waals surface area (Å²) in [6.45, 7) is 1.86. The minimum atomic E-state index is -3.14. The van der Waals surface area contributed by atoms with Crippen LogP contribution in [0.3, 0.4) is 0 Å². The van der Waals surface area contributed by atoms with Crippen molar-refractivity contribution in [2.45, 2.75) is 45.0 Å². The van der Waals surface area contributed by atoms with E-state index >= 15 is 0 Å². The van der Waals surface area contributed by atoms with Crippen molar-refractivity contribution >= 4 is 5.97 Å². The Morgan fingerprint density at radius 2 is 2.25 bits per heavy atom. The minimum Gasteiger partial charge on any atom is -0.466 e. The highest BCUT2D eigenvalue weighted by atomic mass is 19.3. The molecular formula is C13H19F2N3O2. The molecule has 1 aromatic heterocycles. The summed E-state index contributed by atoms with van der Waals surface area (Å²) in [5.41, 5.74) is 0.178. The van der Waals surface area contributed by atoms with Gasteiger partial charge in [0.15, 0.2) is 5.69 Å². The van der Waals surface area contributed by atoms with Crippen LogP contribution in [0, 0.1) is 5.92 Å². The van der Waals surface area contributed by atoms with Crippen LogP contribution in [0.4, 0.5) is 8.78 Å². The Balaban J connectivity index is 2.27. The zero-order valence-corrected chi connectivity index (χ0v) is 11.7. The lowest BCUT2D eigenvalue weighted by Gasteiger charge is -2.27. The molecule has 0 bridgehead atoms. The molecule has 7 heteroatoms. The van der Waals surface area contributed by atoms with E-state index in [-0.39, 0.29) is 18.7 Å². The maximum Gasteiger partial charge on any atom is 0.306 e. The third-order valence-electron chi connectivity index (χ3n) is 3.71. The molecular weight excluding hydrogens is 268 g/mol. The van der Waals surface area contributed by atoms with Gasteiger partial charge in [-0.15, -0.1) is 5.10 Å². The maximum absolute atomic E-state index is 14.6. The van der Waals surface area contributed by atoms with Crippen LogP contribution in [0.15, 0.2) is 0 Å². The van der Waals surface area contributed by atoms with Crippen molar-refractivity contribution in [3.63, 3.8) is 0 Å². The predicted molar refractivity (Wildman–Crippen MR) is 67.2 cm³/mol. The molecule has 0 saturated heterocycles. The van der Waals surface area contributed by atoms with Crippen molar-refractivity contribution in [3.8, 4) is 0 Å². The van der Waals surface area contributed by atoms with E-state index in [2.05, 4.69) is 10.3 Å². The molecule has 0 aliphatic heterocycles. The molecule has 0 radical (unpaired) electrons. The number of fused-ring (bicyclic) bond motifs is 1. The number of aromatic nitrogens is 3. The van der Waals surface area contributed by atoms with Gasteiger partial charge in [0.1, 0.15) is 0 Å². The van der Waals surface area contributed by atoms with Crippen LogP contribution < -0.4 is 0 Å². The first-order chi connectivity index (χ1) is 9.46. The second-order valence-electron chi connectivity index (χ2n) is 5.08. The van der Waals surface area contributed by atoms with Crippen LogP contribution >= 0.6 is 0 Å². The first kappa shape index (κ1) is 14.9. The molecule has 1 heterocycles. The Morgan fingerprint density at radius 1 is 1.50 bits per heavy atom. The van der Waals surface area contributed by atoms with Gasteiger partial charge in [-0.2, -0.15) is 8.78 Å². The van der Waals surface area contributed by atoms with Gasteiger partial charge in [-0.25, -0.2) is 0 Å². The summed E-state index contributed by atoms with van der Waals surface area (Å²) in [6, 6.07) is 0. The van der Waals surface area contributed by atoms with Crippen molar-refractivity contribution in [2.75, 3.05) is 6.61 Å². The van der Waals surface area contributed by atoms with E-state index in [0.717, 1.165) is 6.42 Å². The molecule has 0 spiro atoms. The highest BCUT2D eigenvalue weighted by Gasteiger charge is 2.47. The number of aryl methyl sites for hydroxylation is 1. The largest absolute Gasteiger partial charge is 0.466 e. The van der Waals surface area contributed by atoms with Gasteiger partial charge in [-0.1, -0.05) is 11.6 Å². The fourth-order valence-electron chi connectivity index (χ4n) is 2.63. The molecule has 0 N–H and O–H groups in total. The quantitative estimate of drug-likeness (QED) is 0.800. The first-order valence-electron chi connectivity index (χ1n) is 6.89. The highest BCUT2D eigenvalue weighted by Crippen LogP contribution is 2.42. The van der Waals surface area contributed by atoms with Crippen LogP contribution in [0.5, 0.6) is 0 Å². The molecule has 20 heavy (non-hydrogen) atoms. The fraction of sp³-hybridized carbons (Fsp3) is 0.769. The Bertz CT molecular complexity index is 488. The van der Waals surface area contributed by atoms with Gasteiger partial charge in [0.05, 0.1) is 18.7 Å². The Labute approximate surface area is 116 Å². The molecule has 0 aromatic carbocycles. The SMILES string of the molecule is CCOC(=O)CC1CCCCc2c(nnn2C)C1(F)F. The fourth-order valence-corrected chi connectivity index (χ4v) is 2.63. The lowest BCUT2D eigenvalue weighted by molar-refractivity contribution is -0.150. The number of carbonyl (C=O) groups is 1. The number of rotatable bonds is 3. The third-order valence-corrected chi connectivity index (χ3v) is 3.71. The average Bonchev–Trinajstić information content (AvgIpc) is 2.74. The Kier molecular flexibility index (Phi) is 4.35. The summed E-state index contributed by atoms with van der Waals surface area (Å²) in [6.07, 6.45) is 2.01. The Morgan fingerprint density at radius 3 is 2.95 bits per heavy atom. The minimum absolute atomic E-state index is 0.202. The summed E-state index contributed by atoms with van der Waals surface area (Å²) in [5.74, 6) is -4.79. The van der Waals surface area contributed by atoms with Crippen LogP contribution in [0.2, 0.25) is 0 Å². The summed E-state index contributed by atoms with van der Waals surface area (Å²) in [7, 11) is 1.61. The van der Waals surface area contributed by atoms with Crippen LogP contribution in [0.1, 0.15) is 44.0 Å². The van der Waals surface area contributed by atoms with Crippen LogP contribution in [-0.4, -0.2) is 27.6 Å². The van der Waals surface area contributed by atoms with Crippen molar-refractivity contribution < 1.29 is 18.3 Å². The monoisotopic (exact) mass is 287 g/mol. The van der Waals surface area contributed by atoms with E-state index in [9.17, 15) is 13.6 Å². The highest BCUT2D eigenvalue weighted by molar-refractivity contribution is 5.69. The molecule has 0 fully saturated rings. The zero-order valence-electron chi connectivity index (χ0n) is 11.7. The Hall–Kier alpha value is -1.53. The number of hydrogen-bond donors (Lipinski definition) is 0. The molecule has 5 nitrogen and oxygen atoms in total. The number of carbonyl (C=O) groups excluding carboxylic acids is 1. The smallest absolute Gasteiger partial charge is 0.306 e. The summed E-state index contributed by atoms with van der Waals surface area (Å²) < 4.78 is 35.4. The maximum atomic E-state index is 14.6. The second kappa shape index (κ2) is 5.85. The van der Waals surface area contributed by atoms with Crippen molar-refractivity contribution in [1.29, 1.82) is 0 Å². The summed E-state index contributed by atoms with van der Waals surface area (Å²) in [5, 5.41) is 7.32. The molecule has 1 aromatic rings. The molecule has 112 valence electrons. The number of ether oxygens (including phenoxy) is 1. The van der Waals surface area contributed by atoms with E-state index in [1.165, 1.54) is 4.68 Å². The normalized spacial score (nSPS) is 21.7. The lowest BCUT2D eigenvalue weighted by Crippen LogP contribution is -2.31. The van der Waals surface area contributed by atoms with Crippen LogP contribution in [0.25, 0.3) is 0 Å². The topological polar surface area (TPSA) is 57.0 Å². The summed E-state index contributed by atoms with van der Waals surface area (Å²) in [4.78, 5) is 11.5. The molecule has 1 aliphatic carbocycles. The number of esters is 1. The van der Waals surface area contributed by atoms with Gasteiger partial charge in [0.2, 0.25) is 0 Å². The van der Waals surface area contributed by atoms with Crippen molar-refractivity contribution in [2.24, 2.45) is 13.0 Å². The van der Waals surface area contributed by atoms with Crippen molar-refractivity contribution in [3.05, 3.63) is 11.4 Å². The molecule has 0 amide bonds. The predicted octanol–water partition coefficient (Wildman–Crippen LogP) is 2.20. The summed E-state index contributed by atoms with van der Waals surface area (Å²) >= 11 is 0. The number of alkyl halides is 2. The molecule has 2 rings (SSSR count). The van der Waals surface area contributed by atoms with Crippen LogP contribution in [-0.2, 0) is 28.9 Å². The molecule has 1 unspecified atom stereocenters. The van der Waals surface area contributed by atoms with E-state index in [1.807, 2.05) is 0 Å². The third kappa shape index (κ3) is 2.81. The molecule has 0 saturated carbocycles. The van der Waals surface area contributed by atoms with Gasteiger partial charge in [0.25, 0.3) is 5.92 Å². The van der Waals surface area contributed by atoms with Gasteiger partial charge in [-0.3, -0.25) is 9.48 Å². The standard InChI is InChI=1S/C13H19F2N3O2/c1-3-20-11(19)8-9-6-4-5-7-10-12(13(9,14)15)16-17-18(10)2/h9H,3-8H2,1-2H3. The second-order valence-corrected chi connectivity index (χ2v) is 5.08. The first-order valence-corrected chi connectivity index (χ1v) is 6.89. The van der Waals surface area contributed by atoms with E-state index in [1.54, 1.807) is 14.0 Å². The van der Waals surface area contributed by atoms with E-state index in [0.29, 0.717) is 25.0 Å². The lowest BCUT2D eigenvalue weighted by atomic mass is 9.86.